The molecule has 2 fully saturated rings. The van der Waals surface area contributed by atoms with Crippen LogP contribution in [0.1, 0.15) is 58.8 Å². The molecule has 1 aliphatic heterocycles. The van der Waals surface area contributed by atoms with Crippen LogP contribution in [0.4, 0.5) is 0 Å². The lowest BCUT2D eigenvalue weighted by Crippen LogP contribution is -2.59. The third-order valence-corrected chi connectivity index (χ3v) is 4.82. The van der Waals surface area contributed by atoms with E-state index in [9.17, 15) is 0 Å². The average Bonchev–Trinajstić information content (AvgIpc) is 2.49. The molecule has 2 nitrogen and oxygen atoms in total. The minimum absolute atomic E-state index is 0.840. The topological polar surface area (TPSA) is 15.3 Å². The number of hydrogen-bond donors (Lipinski definition) is 1. The summed E-state index contributed by atoms with van der Waals surface area (Å²) >= 11 is 0. The smallest absolute Gasteiger partial charge is 0.0348 e. The summed E-state index contributed by atoms with van der Waals surface area (Å²) in [6, 6.07) is 1.72. The highest BCUT2D eigenvalue weighted by Gasteiger charge is 2.30. The van der Waals surface area contributed by atoms with Crippen LogP contribution in [0.3, 0.4) is 0 Å². The summed E-state index contributed by atoms with van der Waals surface area (Å²) in [5.74, 6) is 1.03. The van der Waals surface area contributed by atoms with Gasteiger partial charge in [0.25, 0.3) is 0 Å². The zero-order valence-corrected chi connectivity index (χ0v) is 11.8. The Bertz CT molecular complexity index is 213. The molecular weight excluding hydrogens is 208 g/mol. The standard InChI is InChI=1S/C15H30N2/c1-3-6-13-7-5-8-14(10-9-13)17(4-2)15-11-16-12-15/h13-16H,3-12H2,1-2H3. The predicted molar refractivity (Wildman–Crippen MR) is 74.3 cm³/mol. The van der Waals surface area contributed by atoms with E-state index >= 15 is 0 Å². The molecule has 1 saturated heterocycles. The van der Waals surface area contributed by atoms with Crippen molar-refractivity contribution in [2.75, 3.05) is 19.6 Å². The van der Waals surface area contributed by atoms with Gasteiger partial charge >= 0.3 is 0 Å². The molecular formula is C15H30N2. The molecule has 1 N–H and O–H groups in total. The molecule has 1 saturated carbocycles. The molecule has 0 spiro atoms. The molecule has 17 heavy (non-hydrogen) atoms. The summed E-state index contributed by atoms with van der Waals surface area (Å²) in [4.78, 5) is 2.78. The predicted octanol–water partition coefficient (Wildman–Crippen LogP) is 3.03. The molecule has 0 aromatic heterocycles. The number of nitrogens with one attached hydrogen (secondary N) is 1. The van der Waals surface area contributed by atoms with E-state index in [-0.39, 0.29) is 0 Å². The van der Waals surface area contributed by atoms with Gasteiger partial charge < -0.3 is 5.32 Å². The number of hydrogen-bond acceptors (Lipinski definition) is 2. The first-order valence-electron chi connectivity index (χ1n) is 7.81. The quantitative estimate of drug-likeness (QED) is 0.741. The maximum atomic E-state index is 3.42. The van der Waals surface area contributed by atoms with Crippen LogP contribution < -0.4 is 5.32 Å². The Labute approximate surface area is 107 Å². The molecule has 2 rings (SSSR count). The van der Waals surface area contributed by atoms with Crippen molar-refractivity contribution in [1.29, 1.82) is 0 Å². The third kappa shape index (κ3) is 3.45. The van der Waals surface area contributed by atoms with Crippen LogP contribution in [0, 0.1) is 5.92 Å². The molecule has 0 radical (unpaired) electrons. The van der Waals surface area contributed by atoms with Crippen LogP contribution in [0.25, 0.3) is 0 Å². The normalized spacial score (nSPS) is 31.2. The summed E-state index contributed by atoms with van der Waals surface area (Å²) in [5, 5.41) is 3.42. The van der Waals surface area contributed by atoms with E-state index in [1.54, 1.807) is 0 Å². The molecule has 0 bridgehead atoms. The fourth-order valence-corrected chi connectivity index (χ4v) is 3.71. The molecule has 2 aliphatic rings. The summed E-state index contributed by atoms with van der Waals surface area (Å²) in [6.07, 6.45) is 10.2. The summed E-state index contributed by atoms with van der Waals surface area (Å²) < 4.78 is 0. The van der Waals surface area contributed by atoms with Crippen molar-refractivity contribution in [3.05, 3.63) is 0 Å². The lowest BCUT2D eigenvalue weighted by atomic mass is 9.95. The van der Waals surface area contributed by atoms with Crippen molar-refractivity contribution in [3.8, 4) is 0 Å². The Balaban J connectivity index is 1.83. The van der Waals surface area contributed by atoms with E-state index in [0.717, 1.165) is 18.0 Å². The zero-order chi connectivity index (χ0) is 12.1. The van der Waals surface area contributed by atoms with Gasteiger partial charge in [-0.1, -0.05) is 39.5 Å². The Morgan fingerprint density at radius 1 is 1.00 bits per heavy atom. The summed E-state index contributed by atoms with van der Waals surface area (Å²) in [5.41, 5.74) is 0. The van der Waals surface area contributed by atoms with E-state index in [0.29, 0.717) is 0 Å². The highest BCUT2D eigenvalue weighted by atomic mass is 15.2. The highest BCUT2D eigenvalue weighted by molar-refractivity contribution is 4.89. The van der Waals surface area contributed by atoms with Crippen LogP contribution in [-0.4, -0.2) is 36.6 Å². The number of likely N-dealkylation sites (N-methyl/N-ethyl adjacent to an activating group) is 1. The van der Waals surface area contributed by atoms with Gasteiger partial charge in [-0.25, -0.2) is 0 Å². The molecule has 0 aromatic carbocycles. The van der Waals surface area contributed by atoms with E-state index in [1.807, 2.05) is 0 Å². The lowest BCUT2D eigenvalue weighted by Gasteiger charge is -2.42. The number of rotatable bonds is 5. The van der Waals surface area contributed by atoms with Gasteiger partial charge in [0.15, 0.2) is 0 Å². The van der Waals surface area contributed by atoms with Crippen LogP contribution in [0.15, 0.2) is 0 Å². The van der Waals surface area contributed by atoms with E-state index in [1.165, 1.54) is 64.6 Å². The van der Waals surface area contributed by atoms with Crippen molar-refractivity contribution in [2.24, 2.45) is 5.92 Å². The maximum absolute atomic E-state index is 3.42. The van der Waals surface area contributed by atoms with Gasteiger partial charge in [-0.3, -0.25) is 4.90 Å². The molecule has 2 heteroatoms. The van der Waals surface area contributed by atoms with Gasteiger partial charge in [0.2, 0.25) is 0 Å². The van der Waals surface area contributed by atoms with Gasteiger partial charge in [-0.15, -0.1) is 0 Å². The minimum atomic E-state index is 0.840. The fourth-order valence-electron chi connectivity index (χ4n) is 3.71. The van der Waals surface area contributed by atoms with Gasteiger partial charge in [0.05, 0.1) is 0 Å². The SMILES string of the molecule is CCCC1CCCC(N(CC)C2CNC2)CC1. The largest absolute Gasteiger partial charge is 0.314 e. The van der Waals surface area contributed by atoms with Crippen molar-refractivity contribution in [3.63, 3.8) is 0 Å². The van der Waals surface area contributed by atoms with Gasteiger partial charge in [0.1, 0.15) is 0 Å². The Morgan fingerprint density at radius 3 is 2.41 bits per heavy atom. The van der Waals surface area contributed by atoms with Crippen LogP contribution in [-0.2, 0) is 0 Å². The first-order chi connectivity index (χ1) is 8.35. The first-order valence-corrected chi connectivity index (χ1v) is 7.81. The second-order valence-electron chi connectivity index (χ2n) is 5.96. The van der Waals surface area contributed by atoms with Gasteiger partial charge in [0, 0.05) is 25.2 Å². The first kappa shape index (κ1) is 13.4. The van der Waals surface area contributed by atoms with Crippen molar-refractivity contribution in [2.45, 2.75) is 70.9 Å². The summed E-state index contributed by atoms with van der Waals surface area (Å²) in [6.45, 7) is 8.37. The van der Waals surface area contributed by atoms with E-state index < -0.39 is 0 Å². The summed E-state index contributed by atoms with van der Waals surface area (Å²) in [7, 11) is 0. The molecule has 1 heterocycles. The monoisotopic (exact) mass is 238 g/mol. The number of nitrogens with zero attached hydrogens (tertiary/aromatic N) is 1. The van der Waals surface area contributed by atoms with Crippen molar-refractivity contribution >= 4 is 0 Å². The van der Waals surface area contributed by atoms with Crippen molar-refractivity contribution in [1.82, 2.24) is 10.2 Å². The van der Waals surface area contributed by atoms with E-state index in [2.05, 4.69) is 24.1 Å². The molecule has 1 aliphatic carbocycles. The van der Waals surface area contributed by atoms with Crippen molar-refractivity contribution < 1.29 is 0 Å². The van der Waals surface area contributed by atoms with Crippen LogP contribution >= 0.6 is 0 Å². The van der Waals surface area contributed by atoms with E-state index in [4.69, 9.17) is 0 Å². The Morgan fingerprint density at radius 2 is 1.82 bits per heavy atom. The molecule has 0 amide bonds. The minimum Gasteiger partial charge on any atom is -0.314 e. The lowest BCUT2D eigenvalue weighted by molar-refractivity contribution is 0.0911. The van der Waals surface area contributed by atoms with Crippen LogP contribution in [0.5, 0.6) is 0 Å². The van der Waals surface area contributed by atoms with Gasteiger partial charge in [-0.05, 0) is 31.7 Å². The fraction of sp³-hybridized carbons (Fsp3) is 1.00. The highest BCUT2D eigenvalue weighted by Crippen LogP contribution is 2.30. The second-order valence-corrected chi connectivity index (χ2v) is 5.96. The molecule has 2 atom stereocenters. The molecule has 2 unspecified atom stereocenters. The Hall–Kier alpha value is -0.0800. The molecule has 0 aromatic rings. The van der Waals surface area contributed by atoms with Crippen LogP contribution in [0.2, 0.25) is 0 Å². The average molecular weight is 238 g/mol. The maximum Gasteiger partial charge on any atom is 0.0348 e. The zero-order valence-electron chi connectivity index (χ0n) is 11.8. The third-order valence-electron chi connectivity index (χ3n) is 4.82. The molecule has 100 valence electrons. The Kier molecular flexibility index (Phi) is 5.30. The second kappa shape index (κ2) is 6.75. The van der Waals surface area contributed by atoms with Gasteiger partial charge in [-0.2, -0.15) is 0 Å².